The second kappa shape index (κ2) is 2.40. The first-order valence-electron chi connectivity index (χ1n) is 2.54. The van der Waals surface area contributed by atoms with Crippen LogP contribution in [-0.2, 0) is 9.53 Å². The first-order chi connectivity index (χ1) is 3.79. The molecular formula is C5H8O2S. The highest BCUT2D eigenvalue weighted by molar-refractivity contribution is 8.06. The van der Waals surface area contributed by atoms with Gasteiger partial charge in [-0.2, -0.15) is 11.8 Å². The molecule has 0 N–H and O–H groups in total. The number of rotatable bonds is 2. The molecule has 1 atom stereocenters. The predicted octanol–water partition coefficient (Wildman–Crippen LogP) is 0.665. The summed E-state index contributed by atoms with van der Waals surface area (Å²) in [5, 5.41) is 0.610. The van der Waals surface area contributed by atoms with Gasteiger partial charge in [-0.1, -0.05) is 0 Å². The zero-order valence-electron chi connectivity index (χ0n) is 4.72. The summed E-state index contributed by atoms with van der Waals surface area (Å²) in [5.41, 5.74) is 0. The highest BCUT2D eigenvalue weighted by Crippen LogP contribution is 2.29. The molecule has 1 aliphatic heterocycles. The van der Waals surface area contributed by atoms with Crippen LogP contribution in [0.2, 0.25) is 0 Å². The highest BCUT2D eigenvalue weighted by Gasteiger charge is 2.23. The van der Waals surface area contributed by atoms with Crippen LogP contribution >= 0.6 is 11.8 Å². The Kier molecular flexibility index (Phi) is 1.78. The van der Waals surface area contributed by atoms with E-state index in [0.717, 1.165) is 5.75 Å². The summed E-state index contributed by atoms with van der Waals surface area (Å²) in [7, 11) is 0. The fourth-order valence-corrected chi connectivity index (χ4v) is 0.771. The smallest absolute Gasteiger partial charge is 0.302 e. The van der Waals surface area contributed by atoms with Gasteiger partial charge < -0.3 is 4.74 Å². The van der Waals surface area contributed by atoms with Gasteiger partial charge in [-0.25, -0.2) is 0 Å². The summed E-state index contributed by atoms with van der Waals surface area (Å²) in [6.45, 7) is 2.05. The number of carbonyl (C=O) groups excluding carboxylic acids is 1. The average Bonchev–Trinajstić information content (AvgIpc) is 2.41. The van der Waals surface area contributed by atoms with Gasteiger partial charge in [0, 0.05) is 17.9 Å². The van der Waals surface area contributed by atoms with E-state index in [4.69, 9.17) is 4.74 Å². The Bertz CT molecular complexity index is 98.6. The van der Waals surface area contributed by atoms with E-state index in [1.54, 1.807) is 0 Å². The normalized spacial score (nSPS) is 24.9. The maximum absolute atomic E-state index is 10.1. The molecule has 2 nitrogen and oxygen atoms in total. The summed E-state index contributed by atoms with van der Waals surface area (Å²) < 4.78 is 4.71. The third-order valence-corrected chi connectivity index (χ3v) is 1.82. The van der Waals surface area contributed by atoms with Crippen molar-refractivity contribution in [3.05, 3.63) is 0 Å². The van der Waals surface area contributed by atoms with Gasteiger partial charge >= 0.3 is 5.97 Å². The molecule has 8 heavy (non-hydrogen) atoms. The second-order valence-electron chi connectivity index (χ2n) is 1.76. The van der Waals surface area contributed by atoms with Crippen molar-refractivity contribution in [3.8, 4) is 0 Å². The van der Waals surface area contributed by atoms with Crippen LogP contribution in [0.5, 0.6) is 0 Å². The first kappa shape index (κ1) is 5.95. The van der Waals surface area contributed by atoms with Gasteiger partial charge in [0.1, 0.15) is 6.61 Å². The monoisotopic (exact) mass is 132 g/mol. The minimum Gasteiger partial charge on any atom is -0.465 e. The summed E-state index contributed by atoms with van der Waals surface area (Å²) in [4.78, 5) is 10.1. The van der Waals surface area contributed by atoms with Crippen molar-refractivity contribution in [2.24, 2.45) is 0 Å². The zero-order valence-corrected chi connectivity index (χ0v) is 5.53. The third kappa shape index (κ3) is 2.21. The lowest BCUT2D eigenvalue weighted by atomic mass is 10.5. The predicted molar refractivity (Wildman–Crippen MR) is 32.9 cm³/mol. The van der Waals surface area contributed by atoms with E-state index in [9.17, 15) is 4.79 Å². The summed E-state index contributed by atoms with van der Waals surface area (Å²) in [5.74, 6) is 0.991. The Balaban J connectivity index is 1.95. The molecule has 0 aromatic rings. The van der Waals surface area contributed by atoms with Crippen molar-refractivity contribution in [2.45, 2.75) is 12.2 Å². The van der Waals surface area contributed by atoms with E-state index in [1.807, 2.05) is 11.8 Å². The molecule has 0 aromatic carbocycles. The number of hydrogen-bond donors (Lipinski definition) is 0. The van der Waals surface area contributed by atoms with Crippen molar-refractivity contribution >= 4 is 17.7 Å². The lowest BCUT2D eigenvalue weighted by molar-refractivity contribution is -0.140. The molecule has 0 aromatic heterocycles. The van der Waals surface area contributed by atoms with Crippen LogP contribution in [0.15, 0.2) is 0 Å². The SMILES string of the molecule is CC(=O)OCC1CS1. The minimum atomic E-state index is -0.169. The van der Waals surface area contributed by atoms with E-state index in [0.29, 0.717) is 11.9 Å². The van der Waals surface area contributed by atoms with E-state index in [2.05, 4.69) is 0 Å². The van der Waals surface area contributed by atoms with E-state index in [-0.39, 0.29) is 5.97 Å². The molecule has 0 amide bonds. The van der Waals surface area contributed by atoms with Crippen LogP contribution in [0.4, 0.5) is 0 Å². The van der Waals surface area contributed by atoms with Crippen LogP contribution in [0.3, 0.4) is 0 Å². The van der Waals surface area contributed by atoms with Gasteiger partial charge in [0.2, 0.25) is 0 Å². The quantitative estimate of drug-likeness (QED) is 0.408. The topological polar surface area (TPSA) is 26.3 Å². The molecule has 1 fully saturated rings. The highest BCUT2D eigenvalue weighted by atomic mass is 32.2. The number of ether oxygens (including phenoxy) is 1. The molecule has 0 radical (unpaired) electrons. The molecule has 0 saturated carbocycles. The molecule has 1 aliphatic rings. The molecule has 0 aliphatic carbocycles. The Morgan fingerprint density at radius 3 is 3.00 bits per heavy atom. The van der Waals surface area contributed by atoms with Gasteiger partial charge in [0.15, 0.2) is 0 Å². The third-order valence-electron chi connectivity index (χ3n) is 0.875. The molecule has 1 unspecified atom stereocenters. The van der Waals surface area contributed by atoms with E-state index < -0.39 is 0 Å². The number of thioether (sulfide) groups is 1. The molecule has 3 heteroatoms. The molecular weight excluding hydrogens is 124 g/mol. The fourth-order valence-electron chi connectivity index (χ4n) is 0.375. The molecule has 0 spiro atoms. The molecule has 0 bridgehead atoms. The van der Waals surface area contributed by atoms with Crippen molar-refractivity contribution in [1.29, 1.82) is 0 Å². The molecule has 1 heterocycles. The van der Waals surface area contributed by atoms with Crippen molar-refractivity contribution in [2.75, 3.05) is 12.4 Å². The van der Waals surface area contributed by atoms with Crippen LogP contribution in [0, 0.1) is 0 Å². The number of esters is 1. The van der Waals surface area contributed by atoms with Crippen LogP contribution in [0.1, 0.15) is 6.92 Å². The lowest BCUT2D eigenvalue weighted by Crippen LogP contribution is -2.04. The number of carbonyl (C=O) groups is 1. The Morgan fingerprint density at radius 1 is 2.00 bits per heavy atom. The Hall–Kier alpha value is -0.180. The van der Waals surface area contributed by atoms with Gasteiger partial charge in [-0.05, 0) is 0 Å². The van der Waals surface area contributed by atoms with Crippen molar-refractivity contribution < 1.29 is 9.53 Å². The van der Waals surface area contributed by atoms with Crippen LogP contribution in [-0.4, -0.2) is 23.6 Å². The largest absolute Gasteiger partial charge is 0.465 e. The minimum absolute atomic E-state index is 0.169. The molecule has 46 valence electrons. The van der Waals surface area contributed by atoms with Gasteiger partial charge in [0.05, 0.1) is 0 Å². The zero-order chi connectivity index (χ0) is 5.98. The maximum Gasteiger partial charge on any atom is 0.302 e. The van der Waals surface area contributed by atoms with Gasteiger partial charge in [0.25, 0.3) is 0 Å². The second-order valence-corrected chi connectivity index (χ2v) is 3.09. The van der Waals surface area contributed by atoms with Crippen LogP contribution in [0.25, 0.3) is 0 Å². The first-order valence-corrected chi connectivity index (χ1v) is 3.59. The van der Waals surface area contributed by atoms with Crippen LogP contribution < -0.4 is 0 Å². The van der Waals surface area contributed by atoms with E-state index in [1.165, 1.54) is 6.92 Å². The average molecular weight is 132 g/mol. The molecule has 1 saturated heterocycles. The van der Waals surface area contributed by atoms with Crippen molar-refractivity contribution in [3.63, 3.8) is 0 Å². The Morgan fingerprint density at radius 2 is 2.62 bits per heavy atom. The fraction of sp³-hybridized carbons (Fsp3) is 0.800. The maximum atomic E-state index is 10.1. The standard InChI is InChI=1S/C5H8O2S/c1-4(6)7-2-5-3-8-5/h5H,2-3H2,1H3. The Labute approximate surface area is 52.6 Å². The summed E-state index contributed by atoms with van der Waals surface area (Å²) >= 11 is 1.83. The summed E-state index contributed by atoms with van der Waals surface area (Å²) in [6, 6.07) is 0. The van der Waals surface area contributed by atoms with E-state index >= 15 is 0 Å². The van der Waals surface area contributed by atoms with Crippen molar-refractivity contribution in [1.82, 2.24) is 0 Å². The summed E-state index contributed by atoms with van der Waals surface area (Å²) in [6.07, 6.45) is 0. The number of hydrogen-bond acceptors (Lipinski definition) is 3. The lowest BCUT2D eigenvalue weighted by Gasteiger charge is -1.94. The molecule has 1 rings (SSSR count). The van der Waals surface area contributed by atoms with Gasteiger partial charge in [-0.3, -0.25) is 4.79 Å². The van der Waals surface area contributed by atoms with Gasteiger partial charge in [-0.15, -0.1) is 0 Å².